The van der Waals surface area contributed by atoms with Crippen molar-refractivity contribution < 1.29 is 22.7 Å². The number of anilines is 1. The Morgan fingerprint density at radius 3 is 2.27 bits per heavy atom. The van der Waals surface area contributed by atoms with Crippen molar-refractivity contribution in [1.29, 1.82) is 0 Å². The number of nitrogens with zero attached hydrogens (tertiary/aromatic N) is 2. The predicted molar refractivity (Wildman–Crippen MR) is 163 cm³/mol. The first-order chi connectivity index (χ1) is 19.5. The highest BCUT2D eigenvalue weighted by Crippen LogP contribution is 2.35. The van der Waals surface area contributed by atoms with E-state index in [4.69, 9.17) is 16.3 Å². The van der Waals surface area contributed by atoms with Crippen molar-refractivity contribution in [2.24, 2.45) is 0 Å². The minimum Gasteiger partial charge on any atom is -0.495 e. The van der Waals surface area contributed by atoms with Crippen molar-refractivity contribution in [1.82, 2.24) is 10.2 Å². The number of amides is 2. The van der Waals surface area contributed by atoms with Gasteiger partial charge < -0.3 is 15.0 Å². The van der Waals surface area contributed by atoms with E-state index in [-0.39, 0.29) is 39.8 Å². The number of aryl methyl sites for hydroxylation is 1. The van der Waals surface area contributed by atoms with E-state index in [1.54, 1.807) is 31.2 Å². The summed E-state index contributed by atoms with van der Waals surface area (Å²) in [5, 5.41) is 3.21. The van der Waals surface area contributed by atoms with Crippen molar-refractivity contribution in [2.75, 3.05) is 24.5 Å². The smallest absolute Gasteiger partial charge is 0.264 e. The summed E-state index contributed by atoms with van der Waals surface area (Å²) >= 11 is 6.28. The standard InChI is InChI=1S/C31H38ClN3O5S/c1-6-23(3)33-31(37)24(4)34(19-18-25-10-8-7-9-11-25)30(36)21-35(28-20-26(32)14-17-29(28)40-5)41(38,39)27-15-12-22(2)13-16-27/h7-17,20,23-24H,6,18-19,21H2,1-5H3,(H,33,37). The summed E-state index contributed by atoms with van der Waals surface area (Å²) in [6.45, 7) is 7.00. The summed E-state index contributed by atoms with van der Waals surface area (Å²) in [7, 11) is -2.82. The number of hydrogen-bond donors (Lipinski definition) is 1. The lowest BCUT2D eigenvalue weighted by Crippen LogP contribution is -2.53. The summed E-state index contributed by atoms with van der Waals surface area (Å²) in [4.78, 5) is 28.6. The minimum absolute atomic E-state index is 0.0105. The number of hydrogen-bond acceptors (Lipinski definition) is 5. The van der Waals surface area contributed by atoms with Crippen LogP contribution in [0.2, 0.25) is 5.02 Å². The topological polar surface area (TPSA) is 96.0 Å². The Balaban J connectivity index is 2.04. The van der Waals surface area contributed by atoms with Crippen LogP contribution in [0.5, 0.6) is 5.75 Å². The van der Waals surface area contributed by atoms with E-state index in [1.165, 1.54) is 30.2 Å². The Morgan fingerprint density at radius 2 is 1.66 bits per heavy atom. The van der Waals surface area contributed by atoms with E-state index >= 15 is 0 Å². The Bertz CT molecular complexity index is 1430. The van der Waals surface area contributed by atoms with E-state index in [0.29, 0.717) is 6.42 Å². The number of nitrogens with one attached hydrogen (secondary N) is 1. The summed E-state index contributed by atoms with van der Waals surface area (Å²) in [5.74, 6) is -0.615. The van der Waals surface area contributed by atoms with Crippen LogP contribution in [0.25, 0.3) is 0 Å². The van der Waals surface area contributed by atoms with E-state index < -0.39 is 28.5 Å². The largest absolute Gasteiger partial charge is 0.495 e. The highest BCUT2D eigenvalue weighted by Gasteiger charge is 2.34. The number of methoxy groups -OCH3 is 1. The Morgan fingerprint density at radius 1 is 1.00 bits per heavy atom. The molecular weight excluding hydrogens is 562 g/mol. The predicted octanol–water partition coefficient (Wildman–Crippen LogP) is 5.23. The van der Waals surface area contributed by atoms with Gasteiger partial charge in [0.25, 0.3) is 10.0 Å². The van der Waals surface area contributed by atoms with E-state index in [9.17, 15) is 18.0 Å². The van der Waals surface area contributed by atoms with E-state index in [0.717, 1.165) is 21.9 Å². The van der Waals surface area contributed by atoms with Gasteiger partial charge in [0.1, 0.15) is 18.3 Å². The maximum Gasteiger partial charge on any atom is 0.264 e. The van der Waals surface area contributed by atoms with Gasteiger partial charge in [-0.25, -0.2) is 8.42 Å². The summed E-state index contributed by atoms with van der Waals surface area (Å²) in [6.07, 6.45) is 1.21. The Kier molecular flexibility index (Phi) is 11.2. The second kappa shape index (κ2) is 14.4. The monoisotopic (exact) mass is 599 g/mol. The highest BCUT2D eigenvalue weighted by atomic mass is 35.5. The molecule has 0 bridgehead atoms. The molecule has 220 valence electrons. The summed E-state index contributed by atoms with van der Waals surface area (Å²) < 4.78 is 34.5. The van der Waals surface area contributed by atoms with Crippen LogP contribution >= 0.6 is 11.6 Å². The molecule has 8 nitrogen and oxygen atoms in total. The number of halogens is 1. The van der Waals surface area contributed by atoms with Gasteiger partial charge in [-0.2, -0.15) is 0 Å². The van der Waals surface area contributed by atoms with Crippen molar-refractivity contribution in [3.8, 4) is 5.75 Å². The van der Waals surface area contributed by atoms with Crippen LogP contribution < -0.4 is 14.4 Å². The lowest BCUT2D eigenvalue weighted by molar-refractivity contribution is -0.139. The molecule has 0 aliphatic rings. The average Bonchev–Trinajstić information content (AvgIpc) is 2.96. The molecule has 2 amide bonds. The molecule has 3 rings (SSSR count). The fraction of sp³-hybridized carbons (Fsp3) is 0.355. The number of sulfonamides is 1. The quantitative estimate of drug-likeness (QED) is 0.290. The van der Waals surface area contributed by atoms with Crippen LogP contribution in [0.1, 0.15) is 38.3 Å². The first kappa shape index (κ1) is 32.0. The van der Waals surface area contributed by atoms with Crippen LogP contribution in [-0.4, -0.2) is 57.4 Å². The SMILES string of the molecule is CCC(C)NC(=O)C(C)N(CCc1ccccc1)C(=O)CN(c1cc(Cl)ccc1OC)S(=O)(=O)c1ccc(C)cc1. The number of carbonyl (C=O) groups excluding carboxylic acids is 2. The van der Waals surface area contributed by atoms with Crippen LogP contribution in [0.4, 0.5) is 5.69 Å². The first-order valence-electron chi connectivity index (χ1n) is 13.5. The zero-order valence-electron chi connectivity index (χ0n) is 24.1. The second-order valence-electron chi connectivity index (χ2n) is 9.96. The maximum absolute atomic E-state index is 14.0. The minimum atomic E-state index is -4.24. The van der Waals surface area contributed by atoms with Crippen LogP contribution in [0.15, 0.2) is 77.7 Å². The molecule has 41 heavy (non-hydrogen) atoms. The van der Waals surface area contributed by atoms with Gasteiger partial charge in [0.2, 0.25) is 11.8 Å². The molecule has 0 fully saturated rings. The summed E-state index contributed by atoms with van der Waals surface area (Å²) in [5.41, 5.74) is 1.99. The fourth-order valence-electron chi connectivity index (χ4n) is 4.24. The number of benzene rings is 3. The number of carbonyl (C=O) groups is 2. The average molecular weight is 600 g/mol. The van der Waals surface area contributed by atoms with E-state index in [2.05, 4.69) is 5.32 Å². The molecule has 1 N–H and O–H groups in total. The van der Waals surface area contributed by atoms with Crippen molar-refractivity contribution in [3.05, 3.63) is 88.9 Å². The molecule has 2 atom stereocenters. The second-order valence-corrected chi connectivity index (χ2v) is 12.3. The van der Waals surface area contributed by atoms with Gasteiger partial charge in [-0.05, 0) is 69.5 Å². The normalized spacial score (nSPS) is 12.7. The molecule has 0 heterocycles. The molecule has 0 saturated heterocycles. The fourth-order valence-corrected chi connectivity index (χ4v) is 5.83. The zero-order chi connectivity index (χ0) is 30.2. The number of rotatable bonds is 13. The van der Waals surface area contributed by atoms with Gasteiger partial charge in [-0.3, -0.25) is 13.9 Å². The summed E-state index contributed by atoms with van der Waals surface area (Å²) in [6, 6.07) is 19.6. The Hall–Kier alpha value is -3.56. The van der Waals surface area contributed by atoms with Gasteiger partial charge in [0, 0.05) is 17.6 Å². The number of ether oxygens (including phenoxy) is 1. The first-order valence-corrected chi connectivity index (χ1v) is 15.4. The molecule has 0 aliphatic carbocycles. The molecule has 3 aromatic rings. The molecule has 0 radical (unpaired) electrons. The molecule has 2 unspecified atom stereocenters. The van der Waals surface area contributed by atoms with Crippen LogP contribution in [0.3, 0.4) is 0 Å². The molecule has 10 heteroatoms. The van der Waals surface area contributed by atoms with Gasteiger partial charge in [-0.15, -0.1) is 0 Å². The van der Waals surface area contributed by atoms with Crippen molar-refractivity contribution in [3.63, 3.8) is 0 Å². The van der Waals surface area contributed by atoms with Gasteiger partial charge in [-0.1, -0.05) is 66.6 Å². The molecule has 3 aromatic carbocycles. The third-order valence-electron chi connectivity index (χ3n) is 6.95. The molecule has 0 spiro atoms. The lowest BCUT2D eigenvalue weighted by atomic mass is 10.1. The third-order valence-corrected chi connectivity index (χ3v) is 8.96. The molecule has 0 aliphatic heterocycles. The maximum atomic E-state index is 14.0. The lowest BCUT2D eigenvalue weighted by Gasteiger charge is -2.32. The van der Waals surface area contributed by atoms with E-state index in [1.807, 2.05) is 51.1 Å². The van der Waals surface area contributed by atoms with Crippen LogP contribution in [0, 0.1) is 6.92 Å². The molecule has 0 aromatic heterocycles. The van der Waals surface area contributed by atoms with Gasteiger partial charge in [0.05, 0.1) is 17.7 Å². The zero-order valence-corrected chi connectivity index (χ0v) is 25.7. The van der Waals surface area contributed by atoms with Gasteiger partial charge >= 0.3 is 0 Å². The molecular formula is C31H38ClN3O5S. The molecule has 0 saturated carbocycles. The Labute approximate surface area is 248 Å². The van der Waals surface area contributed by atoms with Crippen molar-refractivity contribution in [2.45, 2.75) is 57.5 Å². The highest BCUT2D eigenvalue weighted by molar-refractivity contribution is 7.92. The third kappa shape index (κ3) is 8.24. The van der Waals surface area contributed by atoms with Gasteiger partial charge in [0.15, 0.2) is 0 Å². The van der Waals surface area contributed by atoms with Crippen LogP contribution in [-0.2, 0) is 26.0 Å². The van der Waals surface area contributed by atoms with Crippen molar-refractivity contribution >= 4 is 39.1 Å².